The molecular weight excluding hydrogens is 228 g/mol. The van der Waals surface area contributed by atoms with Gasteiger partial charge >= 0.3 is 11.6 Å². The van der Waals surface area contributed by atoms with Crippen LogP contribution < -0.4 is 0 Å². The summed E-state index contributed by atoms with van der Waals surface area (Å²) in [6.07, 6.45) is -10.0. The van der Waals surface area contributed by atoms with Crippen LogP contribution in [0.1, 0.15) is 6.92 Å². The van der Waals surface area contributed by atoms with Gasteiger partial charge in [0.05, 0.1) is 0 Å². The van der Waals surface area contributed by atoms with Crippen molar-refractivity contribution in [3.63, 3.8) is 0 Å². The van der Waals surface area contributed by atoms with Crippen molar-refractivity contribution in [3.8, 4) is 0 Å². The van der Waals surface area contributed by atoms with Gasteiger partial charge in [0.1, 0.15) is 0 Å². The van der Waals surface area contributed by atoms with Crippen LogP contribution in [0.15, 0.2) is 0 Å². The monoisotopic (exact) mass is 232 g/mol. The molecule has 0 bridgehead atoms. The quantitative estimate of drug-likeness (QED) is 0.505. The van der Waals surface area contributed by atoms with Crippen molar-refractivity contribution in [2.45, 2.75) is 30.3 Å². The molecule has 0 nitrogen and oxygen atoms in total. The van der Waals surface area contributed by atoms with Crippen LogP contribution in [0.5, 0.6) is 0 Å². The van der Waals surface area contributed by atoms with Crippen molar-refractivity contribution in [1.82, 2.24) is 0 Å². The van der Waals surface area contributed by atoms with Crippen molar-refractivity contribution in [1.29, 1.82) is 0 Å². The fourth-order valence-corrected chi connectivity index (χ4v) is 0.547. The number of halogens is 8. The number of rotatable bonds is 2. The average Bonchev–Trinajstić information content (AvgIpc) is 1.81. The van der Waals surface area contributed by atoms with Crippen LogP contribution in [0.3, 0.4) is 0 Å². The van der Waals surface area contributed by atoms with Crippen LogP contribution in [-0.2, 0) is 0 Å². The average molecular weight is 233 g/mol. The van der Waals surface area contributed by atoms with E-state index in [1.807, 2.05) is 0 Å². The van der Waals surface area contributed by atoms with Gasteiger partial charge in [0.15, 0.2) is 0 Å². The Bertz CT molecular complexity index is 178. The topological polar surface area (TPSA) is 0 Å². The second kappa shape index (κ2) is 3.18. The molecule has 8 heteroatoms. The first-order valence-corrected chi connectivity index (χ1v) is 3.25. The maximum Gasteiger partial charge on any atom is 0.423 e. The van der Waals surface area contributed by atoms with Crippen LogP contribution >= 0.6 is 11.6 Å². The lowest BCUT2D eigenvalue weighted by Gasteiger charge is -2.29. The van der Waals surface area contributed by atoms with Gasteiger partial charge in [-0.15, -0.1) is 0 Å². The van der Waals surface area contributed by atoms with E-state index in [0.717, 1.165) is 0 Å². The summed E-state index contributed by atoms with van der Waals surface area (Å²) in [6, 6.07) is 0. The fraction of sp³-hybridized carbons (Fsp3) is 1.00. The van der Waals surface area contributed by atoms with Gasteiger partial charge in [-0.25, -0.2) is 8.78 Å². The zero-order valence-corrected chi connectivity index (χ0v) is 6.86. The molecule has 0 heterocycles. The minimum atomic E-state index is -5.71. The lowest BCUT2D eigenvalue weighted by atomic mass is 10.0. The SMILES string of the molecule is CC(F)(C(F)C(F)(F)F)C(F)(F)Cl. The summed E-state index contributed by atoms with van der Waals surface area (Å²) < 4.78 is 82.9. The van der Waals surface area contributed by atoms with Gasteiger partial charge in [-0.3, -0.25) is 0 Å². The van der Waals surface area contributed by atoms with Crippen molar-refractivity contribution >= 4 is 11.6 Å². The van der Waals surface area contributed by atoms with E-state index >= 15 is 0 Å². The Morgan fingerprint density at radius 1 is 1.00 bits per heavy atom. The Hall–Kier alpha value is -0.200. The molecule has 0 fully saturated rings. The molecule has 0 aliphatic heterocycles. The highest BCUT2D eigenvalue weighted by atomic mass is 35.5. The predicted molar refractivity (Wildman–Crippen MR) is 31.3 cm³/mol. The minimum absolute atomic E-state index is 0.252. The third kappa shape index (κ3) is 2.62. The summed E-state index contributed by atoms with van der Waals surface area (Å²) in [4.78, 5) is 0. The molecule has 0 N–H and O–H groups in total. The molecule has 2 atom stereocenters. The molecule has 0 rings (SSSR count). The molecule has 0 aliphatic rings. The van der Waals surface area contributed by atoms with Gasteiger partial charge in [-0.05, 0) is 18.5 Å². The summed E-state index contributed by atoms with van der Waals surface area (Å²) in [7, 11) is 0. The Labute approximate surface area is 73.7 Å². The van der Waals surface area contributed by atoms with Gasteiger partial charge in [-0.2, -0.15) is 22.0 Å². The van der Waals surface area contributed by atoms with Crippen LogP contribution in [0.25, 0.3) is 0 Å². The third-order valence-electron chi connectivity index (χ3n) is 1.32. The molecule has 2 unspecified atom stereocenters. The Kier molecular flexibility index (Phi) is 3.13. The zero-order valence-electron chi connectivity index (χ0n) is 6.10. The predicted octanol–water partition coefficient (Wildman–Crippen LogP) is 3.45. The highest BCUT2D eigenvalue weighted by Crippen LogP contribution is 2.44. The van der Waals surface area contributed by atoms with E-state index in [1.165, 1.54) is 0 Å². The maximum absolute atomic E-state index is 12.5. The molecule has 0 aromatic heterocycles. The third-order valence-corrected chi connectivity index (χ3v) is 1.69. The summed E-state index contributed by atoms with van der Waals surface area (Å²) in [5.74, 6) is 0. The zero-order chi connectivity index (χ0) is 11.1. The van der Waals surface area contributed by atoms with Gasteiger partial charge < -0.3 is 0 Å². The smallest absolute Gasteiger partial charge is 0.234 e. The lowest BCUT2D eigenvalue weighted by molar-refractivity contribution is -0.240. The normalized spacial score (nSPS) is 21.0. The van der Waals surface area contributed by atoms with Crippen molar-refractivity contribution in [3.05, 3.63) is 0 Å². The van der Waals surface area contributed by atoms with Gasteiger partial charge in [0, 0.05) is 0 Å². The summed E-state index contributed by atoms with van der Waals surface area (Å²) >= 11 is 3.98. The Morgan fingerprint density at radius 2 is 1.31 bits per heavy atom. The first-order chi connectivity index (χ1) is 5.40. The fourth-order valence-electron chi connectivity index (χ4n) is 0.451. The molecular formula is C5H4ClF7. The highest BCUT2D eigenvalue weighted by Gasteiger charge is 2.64. The summed E-state index contributed by atoms with van der Waals surface area (Å²) in [5, 5.41) is -4.91. The van der Waals surface area contributed by atoms with Crippen LogP contribution in [0, 0.1) is 0 Å². The molecule has 0 aromatic rings. The van der Waals surface area contributed by atoms with E-state index in [-0.39, 0.29) is 6.92 Å². The Morgan fingerprint density at radius 3 is 1.38 bits per heavy atom. The van der Waals surface area contributed by atoms with E-state index in [2.05, 4.69) is 11.6 Å². The second-order valence-electron chi connectivity index (χ2n) is 2.48. The molecule has 0 saturated carbocycles. The standard InChI is InChI=1S/C5H4ClF7/c1-3(8,5(6,12)13)2(7)4(9,10)11/h2H,1H3. The van der Waals surface area contributed by atoms with Crippen LogP contribution in [0.4, 0.5) is 30.7 Å². The summed E-state index contributed by atoms with van der Waals surface area (Å²) in [6.45, 7) is -0.252. The van der Waals surface area contributed by atoms with Gasteiger partial charge in [-0.1, -0.05) is 0 Å². The molecule has 0 saturated heterocycles. The highest BCUT2D eigenvalue weighted by molar-refractivity contribution is 6.22. The maximum atomic E-state index is 12.5. The minimum Gasteiger partial charge on any atom is -0.234 e. The van der Waals surface area contributed by atoms with Gasteiger partial charge in [0.25, 0.3) is 0 Å². The molecule has 0 aromatic carbocycles. The number of hydrogen-bond donors (Lipinski definition) is 0. The van der Waals surface area contributed by atoms with E-state index in [1.54, 1.807) is 0 Å². The van der Waals surface area contributed by atoms with E-state index in [0.29, 0.717) is 0 Å². The number of hydrogen-bond acceptors (Lipinski definition) is 0. The van der Waals surface area contributed by atoms with E-state index in [9.17, 15) is 30.7 Å². The van der Waals surface area contributed by atoms with E-state index < -0.39 is 23.4 Å². The molecule has 13 heavy (non-hydrogen) atoms. The van der Waals surface area contributed by atoms with Crippen LogP contribution in [-0.4, -0.2) is 23.4 Å². The first kappa shape index (κ1) is 12.8. The molecule has 0 amide bonds. The van der Waals surface area contributed by atoms with E-state index in [4.69, 9.17) is 0 Å². The molecule has 0 radical (unpaired) electrons. The van der Waals surface area contributed by atoms with Gasteiger partial charge in [0.2, 0.25) is 11.8 Å². The first-order valence-electron chi connectivity index (χ1n) is 2.87. The van der Waals surface area contributed by atoms with Crippen LogP contribution in [0.2, 0.25) is 0 Å². The summed E-state index contributed by atoms with van der Waals surface area (Å²) in [5.41, 5.74) is -4.48. The number of alkyl halides is 8. The molecule has 0 spiro atoms. The largest absolute Gasteiger partial charge is 0.423 e. The second-order valence-corrected chi connectivity index (χ2v) is 2.95. The van der Waals surface area contributed by atoms with Crippen molar-refractivity contribution < 1.29 is 30.7 Å². The Balaban J connectivity index is 4.86. The van der Waals surface area contributed by atoms with Crippen molar-refractivity contribution in [2.24, 2.45) is 0 Å². The van der Waals surface area contributed by atoms with Crippen molar-refractivity contribution in [2.75, 3.05) is 0 Å². The molecule has 0 aliphatic carbocycles. The lowest BCUT2D eigenvalue weighted by Crippen LogP contribution is -2.52. The molecule has 80 valence electrons.